The van der Waals surface area contributed by atoms with Crippen LogP contribution in [0.15, 0.2) is 16.3 Å². The molecule has 0 radical (unpaired) electrons. The molecular weight excluding hydrogens is 239 g/mol. The number of alkyl halides is 3. The molecule has 1 heterocycles. The van der Waals surface area contributed by atoms with Crippen molar-refractivity contribution in [1.29, 1.82) is 0 Å². The van der Waals surface area contributed by atoms with E-state index in [2.05, 4.69) is 9.73 Å². The lowest BCUT2D eigenvalue weighted by Gasteiger charge is -2.23. The van der Waals surface area contributed by atoms with Crippen molar-refractivity contribution >= 4 is 11.7 Å². The number of dihydropyridines is 1. The topological polar surface area (TPSA) is 58.9 Å². The first-order chi connectivity index (χ1) is 7.81. The molecule has 0 aromatic rings. The Kier molecular flexibility index (Phi) is 3.79. The van der Waals surface area contributed by atoms with Crippen LogP contribution in [0.1, 0.15) is 19.8 Å². The maximum atomic E-state index is 12.5. The van der Waals surface area contributed by atoms with Gasteiger partial charge in [-0.15, -0.1) is 0 Å². The summed E-state index contributed by atoms with van der Waals surface area (Å²) in [5.74, 6) is -1.49. The van der Waals surface area contributed by atoms with Gasteiger partial charge in [-0.1, -0.05) is 6.92 Å². The second-order valence-corrected chi connectivity index (χ2v) is 3.50. The van der Waals surface area contributed by atoms with Gasteiger partial charge in [0.25, 0.3) is 0 Å². The number of ether oxygens (including phenoxy) is 1. The molecule has 1 unspecified atom stereocenters. The van der Waals surface area contributed by atoms with Crippen molar-refractivity contribution < 1.29 is 27.8 Å². The fourth-order valence-electron chi connectivity index (χ4n) is 1.54. The van der Waals surface area contributed by atoms with Gasteiger partial charge in [-0.3, -0.25) is 4.99 Å². The van der Waals surface area contributed by atoms with Gasteiger partial charge >= 0.3 is 12.1 Å². The number of aliphatic hydroxyl groups excluding tert-OH is 1. The average Bonchev–Trinajstić information content (AvgIpc) is 2.25. The van der Waals surface area contributed by atoms with E-state index in [0.29, 0.717) is 0 Å². The Balaban J connectivity index is 3.12. The molecule has 7 heteroatoms. The van der Waals surface area contributed by atoms with Gasteiger partial charge in [0.1, 0.15) is 11.3 Å². The van der Waals surface area contributed by atoms with Crippen LogP contribution in [-0.4, -0.2) is 36.1 Å². The first-order valence-corrected chi connectivity index (χ1v) is 4.95. The van der Waals surface area contributed by atoms with Crippen LogP contribution in [0.4, 0.5) is 13.2 Å². The van der Waals surface area contributed by atoms with Crippen molar-refractivity contribution in [3.8, 4) is 0 Å². The van der Waals surface area contributed by atoms with Crippen LogP contribution in [0, 0.1) is 0 Å². The number of aliphatic imine (C=N–C) groups is 1. The number of carbonyl (C=O) groups is 1. The van der Waals surface area contributed by atoms with E-state index in [1.165, 1.54) is 0 Å². The number of hydrogen-bond acceptors (Lipinski definition) is 4. The van der Waals surface area contributed by atoms with E-state index in [1.54, 1.807) is 6.92 Å². The second-order valence-electron chi connectivity index (χ2n) is 3.50. The van der Waals surface area contributed by atoms with Crippen molar-refractivity contribution in [2.24, 2.45) is 4.99 Å². The van der Waals surface area contributed by atoms with E-state index < -0.39 is 30.4 Å². The summed E-state index contributed by atoms with van der Waals surface area (Å²) in [5, 5.41) is 9.50. The maximum Gasteiger partial charge on any atom is 0.411 e. The Morgan fingerprint density at radius 3 is 2.59 bits per heavy atom. The van der Waals surface area contributed by atoms with Crippen LogP contribution in [0.5, 0.6) is 0 Å². The SMILES string of the molecule is CCC1=NC(C(F)(F)F)CC(O)=C1C(=O)OC. The van der Waals surface area contributed by atoms with E-state index in [0.717, 1.165) is 7.11 Å². The van der Waals surface area contributed by atoms with Crippen molar-refractivity contribution in [2.75, 3.05) is 7.11 Å². The first-order valence-electron chi connectivity index (χ1n) is 4.95. The Labute approximate surface area is 95.8 Å². The normalized spacial score (nSPS) is 21.2. The number of nitrogens with zero attached hydrogens (tertiary/aromatic N) is 1. The van der Waals surface area contributed by atoms with E-state index in [1.807, 2.05) is 0 Å². The summed E-state index contributed by atoms with van der Waals surface area (Å²) in [5.41, 5.74) is -0.335. The Bertz CT molecular complexity index is 385. The summed E-state index contributed by atoms with van der Waals surface area (Å²) in [4.78, 5) is 14.7. The molecule has 0 amide bonds. The predicted molar refractivity (Wildman–Crippen MR) is 53.9 cm³/mol. The minimum atomic E-state index is -4.53. The molecule has 4 nitrogen and oxygen atoms in total. The zero-order chi connectivity index (χ0) is 13.2. The van der Waals surface area contributed by atoms with Gasteiger partial charge in [0.15, 0.2) is 6.04 Å². The van der Waals surface area contributed by atoms with Crippen LogP contribution < -0.4 is 0 Å². The molecule has 0 bridgehead atoms. The highest BCUT2D eigenvalue weighted by molar-refractivity contribution is 6.20. The third-order valence-electron chi connectivity index (χ3n) is 2.38. The first kappa shape index (κ1) is 13.5. The van der Waals surface area contributed by atoms with Crippen molar-refractivity contribution in [2.45, 2.75) is 32.0 Å². The lowest BCUT2D eigenvalue weighted by molar-refractivity contribution is -0.149. The van der Waals surface area contributed by atoms with E-state index in [4.69, 9.17) is 0 Å². The zero-order valence-electron chi connectivity index (χ0n) is 9.34. The largest absolute Gasteiger partial charge is 0.511 e. The summed E-state index contributed by atoms with van der Waals surface area (Å²) >= 11 is 0. The van der Waals surface area contributed by atoms with Gasteiger partial charge in [0.05, 0.1) is 12.8 Å². The van der Waals surface area contributed by atoms with Crippen molar-refractivity contribution in [3.63, 3.8) is 0 Å². The zero-order valence-corrected chi connectivity index (χ0v) is 9.34. The number of esters is 1. The molecule has 0 spiro atoms. The number of hydrogen-bond donors (Lipinski definition) is 1. The van der Waals surface area contributed by atoms with E-state index >= 15 is 0 Å². The fraction of sp³-hybridized carbons (Fsp3) is 0.600. The molecule has 0 aliphatic carbocycles. The molecule has 0 saturated heterocycles. The highest BCUT2D eigenvalue weighted by Gasteiger charge is 2.43. The molecule has 1 aliphatic heterocycles. The Morgan fingerprint density at radius 2 is 2.18 bits per heavy atom. The van der Waals surface area contributed by atoms with Crippen molar-refractivity contribution in [3.05, 3.63) is 11.3 Å². The standard InChI is InChI=1S/C10H12F3NO3/c1-3-5-8(9(16)17-2)6(15)4-7(14-5)10(11,12)13/h7,15H,3-4H2,1-2H3. The molecule has 1 atom stereocenters. The van der Waals surface area contributed by atoms with Gasteiger partial charge in [-0.05, 0) is 6.42 Å². The van der Waals surface area contributed by atoms with Gasteiger partial charge < -0.3 is 9.84 Å². The van der Waals surface area contributed by atoms with E-state index in [9.17, 15) is 23.1 Å². The second kappa shape index (κ2) is 4.77. The van der Waals surface area contributed by atoms with Gasteiger partial charge in [0, 0.05) is 6.42 Å². The summed E-state index contributed by atoms with van der Waals surface area (Å²) in [6, 6.07) is -1.99. The Morgan fingerprint density at radius 1 is 1.59 bits per heavy atom. The molecule has 1 aliphatic rings. The third-order valence-corrected chi connectivity index (χ3v) is 2.38. The van der Waals surface area contributed by atoms with Crippen LogP contribution in [0.3, 0.4) is 0 Å². The smallest absolute Gasteiger partial charge is 0.411 e. The molecule has 17 heavy (non-hydrogen) atoms. The third kappa shape index (κ3) is 2.78. The van der Waals surface area contributed by atoms with Gasteiger partial charge in [0.2, 0.25) is 0 Å². The predicted octanol–water partition coefficient (Wildman–Crippen LogP) is 2.16. The van der Waals surface area contributed by atoms with E-state index in [-0.39, 0.29) is 17.7 Å². The van der Waals surface area contributed by atoms with Crippen LogP contribution in [0.25, 0.3) is 0 Å². The lowest BCUT2D eigenvalue weighted by atomic mass is 9.98. The molecule has 0 aromatic carbocycles. The Hall–Kier alpha value is -1.53. The summed E-state index contributed by atoms with van der Waals surface area (Å²) < 4.78 is 41.8. The van der Waals surface area contributed by atoms with Crippen molar-refractivity contribution in [1.82, 2.24) is 0 Å². The number of carbonyl (C=O) groups excluding carboxylic acids is 1. The monoisotopic (exact) mass is 251 g/mol. The lowest BCUT2D eigenvalue weighted by Crippen LogP contribution is -2.34. The quantitative estimate of drug-likeness (QED) is 0.765. The maximum absolute atomic E-state index is 12.5. The van der Waals surface area contributed by atoms with Crippen LogP contribution in [0.2, 0.25) is 0 Å². The number of methoxy groups -OCH3 is 1. The van der Waals surface area contributed by atoms with Crippen LogP contribution >= 0.6 is 0 Å². The molecule has 0 fully saturated rings. The molecular formula is C10H12F3NO3. The molecule has 0 aromatic heterocycles. The fourth-order valence-corrected chi connectivity index (χ4v) is 1.54. The molecule has 96 valence electrons. The number of halogens is 3. The summed E-state index contributed by atoms with van der Waals surface area (Å²) in [7, 11) is 1.09. The summed E-state index contributed by atoms with van der Waals surface area (Å²) in [6.45, 7) is 1.55. The molecule has 1 N–H and O–H groups in total. The highest BCUT2D eigenvalue weighted by atomic mass is 19.4. The minimum Gasteiger partial charge on any atom is -0.511 e. The number of rotatable bonds is 2. The van der Waals surface area contributed by atoms with Gasteiger partial charge in [-0.2, -0.15) is 13.2 Å². The highest BCUT2D eigenvalue weighted by Crippen LogP contribution is 2.32. The molecule has 1 rings (SSSR count). The average molecular weight is 251 g/mol. The molecule has 0 saturated carbocycles. The van der Waals surface area contributed by atoms with Gasteiger partial charge in [-0.25, -0.2) is 4.79 Å². The number of aliphatic hydroxyl groups is 1. The summed E-state index contributed by atoms with van der Waals surface area (Å²) in [6.07, 6.45) is -5.14. The van der Waals surface area contributed by atoms with Crippen LogP contribution in [-0.2, 0) is 9.53 Å². The minimum absolute atomic E-state index is 0.0806.